The Hall–Kier alpha value is -1.64. The van der Waals surface area contributed by atoms with E-state index in [1.165, 1.54) is 10.4 Å². The highest BCUT2D eigenvalue weighted by Gasteiger charge is 2.26. The van der Waals surface area contributed by atoms with E-state index in [0.29, 0.717) is 37.6 Å². The molecule has 1 aromatic rings. The Bertz CT molecular complexity index is 714. The lowest BCUT2D eigenvalue weighted by atomic mass is 10.2. The summed E-state index contributed by atoms with van der Waals surface area (Å²) in [4.78, 5) is 12.1. The maximum atomic E-state index is 12.7. The van der Waals surface area contributed by atoms with E-state index < -0.39 is 10.0 Å². The number of nitrogens with one attached hydrogen (secondary N) is 1. The summed E-state index contributed by atoms with van der Waals surface area (Å²) in [5.41, 5.74) is 0.675. The lowest BCUT2D eigenvalue weighted by molar-refractivity contribution is -0.123. The minimum atomic E-state index is -3.54. The summed E-state index contributed by atoms with van der Waals surface area (Å²) in [6, 6.07) is 4.81. The molecule has 0 aliphatic carbocycles. The first-order chi connectivity index (χ1) is 12.3. The molecule has 2 rings (SSSR count). The van der Waals surface area contributed by atoms with Crippen molar-refractivity contribution in [1.82, 2.24) is 9.62 Å². The number of carbonyl (C=O) groups is 1. The second-order valence-electron chi connectivity index (χ2n) is 6.49. The van der Waals surface area contributed by atoms with Crippen LogP contribution in [0, 0.1) is 6.92 Å². The fourth-order valence-electron chi connectivity index (χ4n) is 2.85. The largest absolute Gasteiger partial charge is 0.484 e. The van der Waals surface area contributed by atoms with Gasteiger partial charge in [-0.15, -0.1) is 0 Å². The van der Waals surface area contributed by atoms with E-state index in [0.717, 1.165) is 12.8 Å². The Morgan fingerprint density at radius 1 is 1.35 bits per heavy atom. The summed E-state index contributed by atoms with van der Waals surface area (Å²) < 4.78 is 37.5. The first-order valence-electron chi connectivity index (χ1n) is 8.95. The van der Waals surface area contributed by atoms with Crippen LogP contribution in [0.3, 0.4) is 0 Å². The molecule has 0 unspecified atom stereocenters. The topological polar surface area (TPSA) is 84.9 Å². The Morgan fingerprint density at radius 3 is 2.65 bits per heavy atom. The molecule has 7 nitrogen and oxygen atoms in total. The molecule has 1 fully saturated rings. The highest BCUT2D eigenvalue weighted by atomic mass is 32.2. The van der Waals surface area contributed by atoms with Crippen molar-refractivity contribution in [2.24, 2.45) is 0 Å². The lowest BCUT2D eigenvalue weighted by Gasteiger charge is -2.26. The van der Waals surface area contributed by atoms with Crippen molar-refractivity contribution in [3.63, 3.8) is 0 Å². The minimum Gasteiger partial charge on any atom is -0.484 e. The van der Waals surface area contributed by atoms with Crippen molar-refractivity contribution in [3.8, 4) is 5.75 Å². The number of hydrogen-bond acceptors (Lipinski definition) is 5. The van der Waals surface area contributed by atoms with Gasteiger partial charge < -0.3 is 14.8 Å². The van der Waals surface area contributed by atoms with E-state index in [-0.39, 0.29) is 23.5 Å². The van der Waals surface area contributed by atoms with Crippen molar-refractivity contribution in [3.05, 3.63) is 23.8 Å². The lowest BCUT2D eigenvalue weighted by Crippen LogP contribution is -2.40. The van der Waals surface area contributed by atoms with Gasteiger partial charge in [0.15, 0.2) is 6.61 Å². The van der Waals surface area contributed by atoms with E-state index in [2.05, 4.69) is 12.2 Å². The first-order valence-corrected chi connectivity index (χ1v) is 10.4. The van der Waals surface area contributed by atoms with Gasteiger partial charge in [0, 0.05) is 19.1 Å². The third-order valence-electron chi connectivity index (χ3n) is 4.24. The number of sulfonamides is 1. The summed E-state index contributed by atoms with van der Waals surface area (Å²) in [5, 5.41) is 2.87. The number of morpholine rings is 1. The van der Waals surface area contributed by atoms with Gasteiger partial charge in [0.25, 0.3) is 5.91 Å². The number of hydrogen-bond donors (Lipinski definition) is 1. The standard InChI is InChI=1S/C18H28N2O5S/c1-4-5-15(3)19-18(21)13-25-17-7-6-16(12-14(17)2)26(22,23)20-8-10-24-11-9-20/h6-7,12,15H,4-5,8-11,13H2,1-3H3,(H,19,21)/t15-/m1/s1. The molecule has 0 bridgehead atoms. The van der Waals surface area contributed by atoms with Crippen LogP contribution in [0.15, 0.2) is 23.1 Å². The number of carbonyl (C=O) groups excluding carboxylic acids is 1. The van der Waals surface area contributed by atoms with Crippen LogP contribution >= 0.6 is 0 Å². The number of amides is 1. The number of aryl methyl sites for hydroxylation is 1. The van der Waals surface area contributed by atoms with Crippen LogP contribution in [0.2, 0.25) is 0 Å². The average molecular weight is 384 g/mol. The maximum Gasteiger partial charge on any atom is 0.258 e. The van der Waals surface area contributed by atoms with Crippen molar-refractivity contribution in [2.75, 3.05) is 32.9 Å². The van der Waals surface area contributed by atoms with Gasteiger partial charge in [-0.1, -0.05) is 13.3 Å². The second-order valence-corrected chi connectivity index (χ2v) is 8.43. The zero-order valence-corrected chi connectivity index (χ0v) is 16.5. The van der Waals surface area contributed by atoms with E-state index in [1.807, 2.05) is 6.92 Å². The molecule has 1 heterocycles. The van der Waals surface area contributed by atoms with E-state index >= 15 is 0 Å². The zero-order chi connectivity index (χ0) is 19.2. The quantitative estimate of drug-likeness (QED) is 0.737. The van der Waals surface area contributed by atoms with Gasteiger partial charge in [0.05, 0.1) is 18.1 Å². The number of benzene rings is 1. The molecule has 8 heteroatoms. The molecule has 0 spiro atoms. The molecule has 1 aliphatic rings. The molecule has 0 saturated carbocycles. The molecule has 0 aromatic heterocycles. The predicted molar refractivity (Wildman–Crippen MR) is 98.8 cm³/mol. The number of ether oxygens (including phenoxy) is 2. The summed E-state index contributed by atoms with van der Waals surface area (Å²) in [5.74, 6) is 0.319. The van der Waals surface area contributed by atoms with Gasteiger partial charge in [0.1, 0.15) is 5.75 Å². The number of rotatable bonds is 8. The van der Waals surface area contributed by atoms with Gasteiger partial charge in [-0.05, 0) is 44.0 Å². The minimum absolute atomic E-state index is 0.0928. The molecule has 0 radical (unpaired) electrons. The molecule has 146 valence electrons. The summed E-state index contributed by atoms with van der Waals surface area (Å²) in [6.07, 6.45) is 1.92. The molecule has 1 N–H and O–H groups in total. The molecule has 26 heavy (non-hydrogen) atoms. The predicted octanol–water partition coefficient (Wildman–Crippen LogP) is 1.70. The van der Waals surface area contributed by atoms with Crippen LogP contribution in [0.1, 0.15) is 32.3 Å². The smallest absolute Gasteiger partial charge is 0.258 e. The monoisotopic (exact) mass is 384 g/mol. The highest BCUT2D eigenvalue weighted by Crippen LogP contribution is 2.24. The summed E-state index contributed by atoms with van der Waals surface area (Å²) >= 11 is 0. The van der Waals surface area contributed by atoms with Crippen molar-refractivity contribution in [1.29, 1.82) is 0 Å². The van der Waals surface area contributed by atoms with Crippen molar-refractivity contribution >= 4 is 15.9 Å². The van der Waals surface area contributed by atoms with Crippen LogP contribution in [-0.2, 0) is 19.6 Å². The zero-order valence-electron chi connectivity index (χ0n) is 15.7. The molecule has 1 aromatic carbocycles. The molecule has 1 aliphatic heterocycles. The highest BCUT2D eigenvalue weighted by molar-refractivity contribution is 7.89. The summed E-state index contributed by atoms with van der Waals surface area (Å²) in [6.45, 7) is 7.23. The Balaban J connectivity index is 1.99. The molecule has 1 saturated heterocycles. The Morgan fingerprint density at radius 2 is 2.04 bits per heavy atom. The molecule has 1 atom stereocenters. The van der Waals surface area contributed by atoms with Gasteiger partial charge in [0.2, 0.25) is 10.0 Å². The fraction of sp³-hybridized carbons (Fsp3) is 0.611. The maximum absolute atomic E-state index is 12.7. The molecular formula is C18H28N2O5S. The third-order valence-corrected chi connectivity index (χ3v) is 6.14. The van der Waals surface area contributed by atoms with E-state index in [9.17, 15) is 13.2 Å². The normalized spacial score (nSPS) is 16.9. The van der Waals surface area contributed by atoms with Gasteiger partial charge in [-0.2, -0.15) is 4.31 Å². The van der Waals surface area contributed by atoms with Crippen LogP contribution in [0.25, 0.3) is 0 Å². The average Bonchev–Trinajstić information content (AvgIpc) is 2.61. The second kappa shape index (κ2) is 9.34. The van der Waals surface area contributed by atoms with Crippen LogP contribution < -0.4 is 10.1 Å². The summed E-state index contributed by atoms with van der Waals surface area (Å²) in [7, 11) is -3.54. The first kappa shape index (κ1) is 20.7. The molecule has 1 amide bonds. The SMILES string of the molecule is CCC[C@@H](C)NC(=O)COc1ccc(S(=O)(=O)N2CCOCC2)cc1C. The van der Waals surface area contributed by atoms with Crippen LogP contribution in [0.5, 0.6) is 5.75 Å². The van der Waals surface area contributed by atoms with E-state index in [4.69, 9.17) is 9.47 Å². The van der Waals surface area contributed by atoms with Crippen LogP contribution in [-0.4, -0.2) is 57.6 Å². The third kappa shape index (κ3) is 5.43. The fourth-order valence-corrected chi connectivity index (χ4v) is 4.34. The van der Waals surface area contributed by atoms with Gasteiger partial charge in [-0.25, -0.2) is 8.42 Å². The van der Waals surface area contributed by atoms with Gasteiger partial charge in [-0.3, -0.25) is 4.79 Å². The van der Waals surface area contributed by atoms with Crippen molar-refractivity contribution in [2.45, 2.75) is 44.6 Å². The Labute approximate surface area is 155 Å². The van der Waals surface area contributed by atoms with E-state index in [1.54, 1.807) is 19.1 Å². The molecular weight excluding hydrogens is 356 g/mol. The van der Waals surface area contributed by atoms with Gasteiger partial charge >= 0.3 is 0 Å². The number of nitrogens with zero attached hydrogens (tertiary/aromatic N) is 1. The van der Waals surface area contributed by atoms with Crippen LogP contribution in [0.4, 0.5) is 0 Å². The van der Waals surface area contributed by atoms with Crippen molar-refractivity contribution < 1.29 is 22.7 Å². The Kier molecular flexibility index (Phi) is 7.43.